The van der Waals surface area contributed by atoms with Crippen molar-refractivity contribution in [3.05, 3.63) is 40.0 Å². The van der Waals surface area contributed by atoms with Crippen molar-refractivity contribution in [3.63, 3.8) is 0 Å². The summed E-state index contributed by atoms with van der Waals surface area (Å²) in [5, 5.41) is 1.93. The highest BCUT2D eigenvalue weighted by Gasteiger charge is 2.10. The molecule has 0 N–H and O–H groups in total. The number of hydrogen-bond acceptors (Lipinski definition) is 1. The van der Waals surface area contributed by atoms with Gasteiger partial charge in [-0.25, -0.2) is 0 Å². The van der Waals surface area contributed by atoms with E-state index in [-0.39, 0.29) is 0 Å². The molecule has 0 bridgehead atoms. The average molecular weight is 220 g/mol. The Morgan fingerprint density at radius 3 is 2.67 bits per heavy atom. The zero-order valence-electron chi connectivity index (χ0n) is 9.26. The summed E-state index contributed by atoms with van der Waals surface area (Å²) in [7, 11) is 0. The van der Waals surface area contributed by atoms with Gasteiger partial charge in [0, 0.05) is 11.1 Å². The van der Waals surface area contributed by atoms with Gasteiger partial charge < -0.3 is 0 Å². The molecule has 1 nitrogen and oxygen atoms in total. The number of aromatic nitrogens is 1. The van der Waals surface area contributed by atoms with Gasteiger partial charge in [0.2, 0.25) is 0 Å². The molecule has 0 amide bonds. The van der Waals surface area contributed by atoms with Crippen LogP contribution in [-0.4, -0.2) is 4.98 Å². The van der Waals surface area contributed by atoms with Gasteiger partial charge in [0.25, 0.3) is 0 Å². The molecule has 0 aliphatic rings. The van der Waals surface area contributed by atoms with Crippen molar-refractivity contribution in [1.29, 1.82) is 0 Å². The van der Waals surface area contributed by atoms with Crippen LogP contribution in [0.3, 0.4) is 0 Å². The van der Waals surface area contributed by atoms with Gasteiger partial charge in [-0.1, -0.05) is 36.7 Å². The van der Waals surface area contributed by atoms with Crippen LogP contribution in [0, 0.1) is 13.8 Å². The van der Waals surface area contributed by atoms with Gasteiger partial charge >= 0.3 is 0 Å². The maximum Gasteiger partial charge on any atom is 0.0749 e. The number of aryl methyl sites for hydroxylation is 2. The summed E-state index contributed by atoms with van der Waals surface area (Å²) in [4.78, 5) is 4.62. The molecule has 2 rings (SSSR count). The van der Waals surface area contributed by atoms with Gasteiger partial charge in [-0.2, -0.15) is 0 Å². The van der Waals surface area contributed by atoms with Crippen LogP contribution in [0.5, 0.6) is 0 Å². The molecule has 1 heterocycles. The zero-order valence-corrected chi connectivity index (χ0v) is 10.0. The summed E-state index contributed by atoms with van der Waals surface area (Å²) in [6.45, 7) is 6.20. The number of para-hydroxylation sites is 1. The molecule has 1 aromatic heterocycles. The first kappa shape index (κ1) is 10.4. The van der Waals surface area contributed by atoms with Gasteiger partial charge in [0.15, 0.2) is 0 Å². The number of benzene rings is 1. The van der Waals surface area contributed by atoms with E-state index in [0.29, 0.717) is 0 Å². The van der Waals surface area contributed by atoms with Crippen molar-refractivity contribution in [2.75, 3.05) is 0 Å². The minimum absolute atomic E-state index is 0.865. The Labute approximate surface area is 95.1 Å². The van der Waals surface area contributed by atoms with Crippen molar-refractivity contribution in [3.8, 4) is 0 Å². The lowest BCUT2D eigenvalue weighted by molar-refractivity contribution is 1.07. The first-order valence-corrected chi connectivity index (χ1v) is 5.57. The van der Waals surface area contributed by atoms with Crippen LogP contribution >= 0.6 is 11.6 Å². The van der Waals surface area contributed by atoms with Gasteiger partial charge in [0.05, 0.1) is 10.5 Å². The Morgan fingerprint density at radius 1 is 1.27 bits per heavy atom. The predicted molar refractivity (Wildman–Crippen MR) is 65.6 cm³/mol. The third-order valence-corrected chi connectivity index (χ3v) is 3.24. The summed E-state index contributed by atoms with van der Waals surface area (Å²) in [6, 6.07) is 6.13. The third kappa shape index (κ3) is 1.61. The van der Waals surface area contributed by atoms with Crippen molar-refractivity contribution in [2.45, 2.75) is 27.2 Å². The van der Waals surface area contributed by atoms with Gasteiger partial charge in [-0.05, 0) is 31.4 Å². The molecule has 0 aliphatic heterocycles. The zero-order chi connectivity index (χ0) is 11.0. The van der Waals surface area contributed by atoms with Crippen molar-refractivity contribution in [2.24, 2.45) is 0 Å². The maximum atomic E-state index is 6.38. The molecule has 0 atom stereocenters. The van der Waals surface area contributed by atoms with Crippen LogP contribution in [0.15, 0.2) is 18.2 Å². The number of hydrogen-bond donors (Lipinski definition) is 0. The first-order valence-electron chi connectivity index (χ1n) is 5.19. The quantitative estimate of drug-likeness (QED) is 0.705. The lowest BCUT2D eigenvalue weighted by atomic mass is 10.1. The number of pyridine rings is 1. The molecular formula is C13H14ClN. The van der Waals surface area contributed by atoms with E-state index >= 15 is 0 Å². The molecule has 0 saturated carbocycles. The fraction of sp³-hybridized carbons (Fsp3) is 0.308. The van der Waals surface area contributed by atoms with Crippen LogP contribution in [0.25, 0.3) is 10.9 Å². The van der Waals surface area contributed by atoms with Crippen LogP contribution in [-0.2, 0) is 6.42 Å². The summed E-state index contributed by atoms with van der Waals surface area (Å²) >= 11 is 6.38. The Balaban J connectivity index is 2.91. The maximum absolute atomic E-state index is 6.38. The van der Waals surface area contributed by atoms with Crippen LogP contribution in [0.4, 0.5) is 0 Å². The minimum Gasteiger partial charge on any atom is -0.252 e. The smallest absolute Gasteiger partial charge is 0.0749 e. The van der Waals surface area contributed by atoms with E-state index in [0.717, 1.165) is 33.6 Å². The fourth-order valence-corrected chi connectivity index (χ4v) is 2.37. The molecule has 0 spiro atoms. The molecule has 2 aromatic rings. The Kier molecular flexibility index (Phi) is 2.66. The molecule has 0 unspecified atom stereocenters. The summed E-state index contributed by atoms with van der Waals surface area (Å²) < 4.78 is 0. The van der Waals surface area contributed by atoms with E-state index < -0.39 is 0 Å². The van der Waals surface area contributed by atoms with E-state index in [9.17, 15) is 0 Å². The fourth-order valence-electron chi connectivity index (χ4n) is 1.95. The second kappa shape index (κ2) is 3.82. The predicted octanol–water partition coefficient (Wildman–Crippen LogP) is 4.07. The Bertz CT molecular complexity index is 517. The van der Waals surface area contributed by atoms with Crippen molar-refractivity contribution in [1.82, 2.24) is 4.98 Å². The average Bonchev–Trinajstić information content (AvgIpc) is 2.20. The van der Waals surface area contributed by atoms with Crippen molar-refractivity contribution < 1.29 is 0 Å². The number of halogens is 1. The van der Waals surface area contributed by atoms with Crippen LogP contribution in [0.2, 0.25) is 5.02 Å². The lowest BCUT2D eigenvalue weighted by Gasteiger charge is -2.10. The highest BCUT2D eigenvalue weighted by molar-refractivity contribution is 6.36. The number of rotatable bonds is 1. The van der Waals surface area contributed by atoms with E-state index in [2.05, 4.69) is 24.9 Å². The molecule has 2 heteroatoms. The molecule has 0 radical (unpaired) electrons. The Morgan fingerprint density at radius 2 is 2.00 bits per heavy atom. The molecule has 1 aromatic carbocycles. The highest BCUT2D eigenvalue weighted by atomic mass is 35.5. The second-order valence-electron chi connectivity index (χ2n) is 3.81. The highest BCUT2D eigenvalue weighted by Crippen LogP contribution is 2.29. The van der Waals surface area contributed by atoms with Gasteiger partial charge in [0.1, 0.15) is 0 Å². The lowest BCUT2D eigenvalue weighted by Crippen LogP contribution is -1.95. The third-order valence-electron chi connectivity index (χ3n) is 2.81. The topological polar surface area (TPSA) is 12.9 Å². The monoisotopic (exact) mass is 219 g/mol. The van der Waals surface area contributed by atoms with Gasteiger partial charge in [-0.3, -0.25) is 4.98 Å². The van der Waals surface area contributed by atoms with E-state index in [1.807, 2.05) is 19.1 Å². The molecule has 0 saturated heterocycles. The Hall–Kier alpha value is -1.08. The summed E-state index contributed by atoms with van der Waals surface area (Å²) in [5.41, 5.74) is 4.41. The van der Waals surface area contributed by atoms with Crippen molar-refractivity contribution >= 4 is 22.5 Å². The molecule has 78 valence electrons. The second-order valence-corrected chi connectivity index (χ2v) is 4.19. The molecule has 15 heavy (non-hydrogen) atoms. The number of fused-ring (bicyclic) bond motifs is 1. The molecule has 0 aliphatic carbocycles. The van der Waals surface area contributed by atoms with Crippen LogP contribution < -0.4 is 0 Å². The summed E-state index contributed by atoms with van der Waals surface area (Å²) in [6.07, 6.45) is 0.932. The standard InChI is InChI=1S/C13H14ClN/c1-4-10-9(3)15-13-8(2)6-5-7-11(13)12(10)14/h5-7H,4H2,1-3H3. The SMILES string of the molecule is CCc1c(C)nc2c(C)cccc2c1Cl. The number of nitrogens with zero attached hydrogens (tertiary/aromatic N) is 1. The van der Waals surface area contributed by atoms with Gasteiger partial charge in [-0.15, -0.1) is 0 Å². The molecular weight excluding hydrogens is 206 g/mol. The minimum atomic E-state index is 0.865. The van der Waals surface area contributed by atoms with E-state index in [1.54, 1.807) is 0 Å². The van der Waals surface area contributed by atoms with E-state index in [4.69, 9.17) is 11.6 Å². The largest absolute Gasteiger partial charge is 0.252 e. The van der Waals surface area contributed by atoms with E-state index in [1.165, 1.54) is 5.56 Å². The van der Waals surface area contributed by atoms with Crippen LogP contribution in [0.1, 0.15) is 23.7 Å². The summed E-state index contributed by atoms with van der Waals surface area (Å²) in [5.74, 6) is 0. The molecule has 0 fully saturated rings. The first-order chi connectivity index (χ1) is 7.15. The normalized spacial score (nSPS) is 10.9.